The van der Waals surface area contributed by atoms with Gasteiger partial charge in [-0.15, -0.1) is 6.42 Å². The van der Waals surface area contributed by atoms with Crippen molar-refractivity contribution < 1.29 is 9.47 Å². The minimum absolute atomic E-state index is 0.131. The normalized spacial score (nSPS) is 11.6. The lowest BCUT2D eigenvalue weighted by atomic mass is 10.1. The molecule has 0 aliphatic heterocycles. The van der Waals surface area contributed by atoms with Crippen LogP contribution in [0.4, 0.5) is 0 Å². The van der Waals surface area contributed by atoms with Crippen LogP contribution in [0.5, 0.6) is 11.5 Å². The van der Waals surface area contributed by atoms with Gasteiger partial charge in [-0.2, -0.15) is 0 Å². The van der Waals surface area contributed by atoms with E-state index in [2.05, 4.69) is 11.2 Å². The molecule has 0 radical (unpaired) electrons. The Hall–Kier alpha value is -1.66. The molecular formula is C12H15NO2. The molecule has 1 unspecified atom stereocenters. The maximum absolute atomic E-state index is 5.40. The molecule has 0 aliphatic rings. The highest BCUT2D eigenvalue weighted by Gasteiger charge is 2.08. The SMILES string of the molecule is C#CC(NC)c1cc(OC)cc(OC)c1. The van der Waals surface area contributed by atoms with Gasteiger partial charge in [-0.3, -0.25) is 0 Å². The second-order valence-electron chi connectivity index (χ2n) is 3.03. The molecule has 1 rings (SSSR count). The summed E-state index contributed by atoms with van der Waals surface area (Å²) in [7, 11) is 5.04. The van der Waals surface area contributed by atoms with Crippen molar-refractivity contribution in [1.82, 2.24) is 5.32 Å². The van der Waals surface area contributed by atoms with Gasteiger partial charge in [0.1, 0.15) is 11.5 Å². The molecule has 0 amide bonds. The van der Waals surface area contributed by atoms with Gasteiger partial charge in [0, 0.05) is 6.07 Å². The third-order valence-corrected chi connectivity index (χ3v) is 2.16. The Morgan fingerprint density at radius 1 is 1.20 bits per heavy atom. The molecule has 1 atom stereocenters. The Morgan fingerprint density at radius 2 is 1.73 bits per heavy atom. The fraction of sp³-hybridized carbons (Fsp3) is 0.333. The summed E-state index contributed by atoms with van der Waals surface area (Å²) in [6.45, 7) is 0. The molecule has 15 heavy (non-hydrogen) atoms. The molecule has 0 aliphatic carbocycles. The monoisotopic (exact) mass is 205 g/mol. The topological polar surface area (TPSA) is 30.5 Å². The predicted octanol–water partition coefficient (Wildman–Crippen LogP) is 1.60. The number of ether oxygens (including phenoxy) is 2. The molecule has 0 saturated heterocycles. The number of methoxy groups -OCH3 is 2. The molecule has 1 aromatic rings. The summed E-state index contributed by atoms with van der Waals surface area (Å²) in [5.41, 5.74) is 0.955. The van der Waals surface area contributed by atoms with Crippen molar-refractivity contribution in [2.24, 2.45) is 0 Å². The van der Waals surface area contributed by atoms with E-state index in [9.17, 15) is 0 Å². The zero-order valence-corrected chi connectivity index (χ0v) is 9.20. The molecule has 80 valence electrons. The van der Waals surface area contributed by atoms with Crippen LogP contribution in [0.1, 0.15) is 11.6 Å². The first kappa shape index (κ1) is 11.4. The average molecular weight is 205 g/mol. The zero-order valence-electron chi connectivity index (χ0n) is 9.20. The van der Waals surface area contributed by atoms with Gasteiger partial charge in [-0.05, 0) is 24.7 Å². The molecule has 0 aromatic heterocycles. The molecule has 0 spiro atoms. The van der Waals surface area contributed by atoms with Gasteiger partial charge >= 0.3 is 0 Å². The second-order valence-corrected chi connectivity index (χ2v) is 3.03. The van der Waals surface area contributed by atoms with Crippen LogP contribution >= 0.6 is 0 Å². The summed E-state index contributed by atoms with van der Waals surface area (Å²) >= 11 is 0. The van der Waals surface area contributed by atoms with Crippen LogP contribution in [0.15, 0.2) is 18.2 Å². The van der Waals surface area contributed by atoms with E-state index in [0.717, 1.165) is 17.1 Å². The van der Waals surface area contributed by atoms with Gasteiger partial charge in [0.05, 0.1) is 20.3 Å². The Morgan fingerprint density at radius 3 is 2.07 bits per heavy atom. The molecule has 0 heterocycles. The highest BCUT2D eigenvalue weighted by atomic mass is 16.5. The molecule has 3 heteroatoms. The zero-order chi connectivity index (χ0) is 11.3. The van der Waals surface area contributed by atoms with E-state index in [1.54, 1.807) is 14.2 Å². The van der Waals surface area contributed by atoms with Crippen molar-refractivity contribution in [1.29, 1.82) is 0 Å². The quantitative estimate of drug-likeness (QED) is 0.757. The lowest BCUT2D eigenvalue weighted by Crippen LogP contribution is -2.14. The molecule has 0 fully saturated rings. The van der Waals surface area contributed by atoms with Gasteiger partial charge in [0.25, 0.3) is 0 Å². The van der Waals surface area contributed by atoms with E-state index in [0.29, 0.717) is 0 Å². The standard InChI is InChI=1S/C12H15NO2/c1-5-12(13-2)9-6-10(14-3)8-11(7-9)15-4/h1,6-8,12-13H,2-4H3. The van der Waals surface area contributed by atoms with Crippen LogP contribution in [0.3, 0.4) is 0 Å². The first-order valence-electron chi connectivity index (χ1n) is 4.61. The molecule has 0 saturated carbocycles. The van der Waals surface area contributed by atoms with E-state index < -0.39 is 0 Å². The highest BCUT2D eigenvalue weighted by molar-refractivity contribution is 5.41. The van der Waals surface area contributed by atoms with Crippen LogP contribution in [0, 0.1) is 12.3 Å². The Labute approximate surface area is 90.4 Å². The summed E-state index contributed by atoms with van der Waals surface area (Å²) in [5, 5.41) is 3.02. The van der Waals surface area contributed by atoms with Crippen molar-refractivity contribution >= 4 is 0 Å². The lowest BCUT2D eigenvalue weighted by Gasteiger charge is -2.13. The maximum atomic E-state index is 5.40. The number of hydrogen-bond acceptors (Lipinski definition) is 3. The summed E-state index contributed by atoms with van der Waals surface area (Å²) in [5.74, 6) is 4.12. The Bertz CT molecular complexity index is 346. The van der Waals surface area contributed by atoms with Gasteiger partial charge < -0.3 is 14.8 Å². The number of rotatable bonds is 4. The third kappa shape index (κ3) is 2.64. The largest absolute Gasteiger partial charge is 0.497 e. The number of nitrogens with one attached hydrogen (secondary N) is 1. The van der Waals surface area contributed by atoms with E-state index in [1.165, 1.54) is 0 Å². The maximum Gasteiger partial charge on any atom is 0.122 e. The Kier molecular flexibility index (Phi) is 4.02. The van der Waals surface area contributed by atoms with Gasteiger partial charge in [0.15, 0.2) is 0 Å². The van der Waals surface area contributed by atoms with Crippen molar-refractivity contribution in [3.63, 3.8) is 0 Å². The minimum Gasteiger partial charge on any atom is -0.497 e. The first-order chi connectivity index (χ1) is 7.24. The third-order valence-electron chi connectivity index (χ3n) is 2.16. The molecular weight excluding hydrogens is 190 g/mol. The van der Waals surface area contributed by atoms with Crippen LogP contribution in [0.2, 0.25) is 0 Å². The molecule has 1 N–H and O–H groups in total. The number of hydrogen-bond donors (Lipinski definition) is 1. The van der Waals surface area contributed by atoms with Crippen molar-refractivity contribution in [2.75, 3.05) is 21.3 Å². The number of benzene rings is 1. The summed E-state index contributed by atoms with van der Waals surface area (Å²) in [6.07, 6.45) is 5.40. The smallest absolute Gasteiger partial charge is 0.122 e. The lowest BCUT2D eigenvalue weighted by molar-refractivity contribution is 0.393. The predicted molar refractivity (Wildman–Crippen MR) is 60.2 cm³/mol. The van der Waals surface area contributed by atoms with Crippen molar-refractivity contribution in [2.45, 2.75) is 6.04 Å². The van der Waals surface area contributed by atoms with E-state index >= 15 is 0 Å². The first-order valence-corrected chi connectivity index (χ1v) is 4.61. The number of terminal acetylenes is 1. The van der Waals surface area contributed by atoms with Crippen LogP contribution in [0.25, 0.3) is 0 Å². The average Bonchev–Trinajstić information content (AvgIpc) is 2.30. The molecule has 1 aromatic carbocycles. The molecule has 3 nitrogen and oxygen atoms in total. The van der Waals surface area contributed by atoms with Crippen LogP contribution in [-0.2, 0) is 0 Å². The van der Waals surface area contributed by atoms with Gasteiger partial charge in [-0.25, -0.2) is 0 Å². The van der Waals surface area contributed by atoms with E-state index in [4.69, 9.17) is 15.9 Å². The molecule has 0 bridgehead atoms. The minimum atomic E-state index is -0.131. The van der Waals surface area contributed by atoms with Crippen LogP contribution in [-0.4, -0.2) is 21.3 Å². The fourth-order valence-corrected chi connectivity index (χ4v) is 1.34. The van der Waals surface area contributed by atoms with E-state index in [-0.39, 0.29) is 6.04 Å². The summed E-state index contributed by atoms with van der Waals surface area (Å²) in [4.78, 5) is 0. The second kappa shape index (κ2) is 5.28. The Balaban J connectivity index is 3.12. The highest BCUT2D eigenvalue weighted by Crippen LogP contribution is 2.25. The van der Waals surface area contributed by atoms with Gasteiger partial charge in [0.2, 0.25) is 0 Å². The fourth-order valence-electron chi connectivity index (χ4n) is 1.34. The van der Waals surface area contributed by atoms with E-state index in [1.807, 2.05) is 25.2 Å². The van der Waals surface area contributed by atoms with Crippen LogP contribution < -0.4 is 14.8 Å². The van der Waals surface area contributed by atoms with Crippen molar-refractivity contribution in [3.8, 4) is 23.8 Å². The summed E-state index contributed by atoms with van der Waals surface area (Å²) in [6, 6.07) is 5.47. The summed E-state index contributed by atoms with van der Waals surface area (Å²) < 4.78 is 10.3. The van der Waals surface area contributed by atoms with Crippen molar-refractivity contribution in [3.05, 3.63) is 23.8 Å². The van der Waals surface area contributed by atoms with Gasteiger partial charge in [-0.1, -0.05) is 5.92 Å².